The summed E-state index contributed by atoms with van der Waals surface area (Å²) in [7, 11) is 0. The van der Waals surface area contributed by atoms with E-state index in [9.17, 15) is 0 Å². The van der Waals surface area contributed by atoms with Gasteiger partial charge in [-0.1, -0.05) is 23.8 Å². The van der Waals surface area contributed by atoms with Crippen LogP contribution in [0.25, 0.3) is 0 Å². The Hall–Kier alpha value is -0.230. The molecule has 0 radical (unpaired) electrons. The fourth-order valence-corrected chi connectivity index (χ4v) is 0.583. The van der Waals surface area contributed by atoms with E-state index in [2.05, 4.69) is 0 Å². The number of rotatable bonds is 0. The summed E-state index contributed by atoms with van der Waals surface area (Å²) in [5, 5.41) is 0.940. The van der Waals surface area contributed by atoms with Crippen LogP contribution in [-0.2, 0) is 0 Å². The van der Waals surface area contributed by atoms with Crippen LogP contribution in [0, 0.1) is 0 Å². The van der Waals surface area contributed by atoms with E-state index in [1.807, 2.05) is 18.2 Å². The lowest BCUT2D eigenvalue weighted by atomic mass is 10.5. The molecule has 0 fully saturated rings. The molecular formula is C5H5Cl. The fourth-order valence-electron chi connectivity index (χ4n) is 0.421. The molecule has 1 rings (SSSR count). The SMILES string of the molecule is ClC1=CC=CC1. The van der Waals surface area contributed by atoms with Gasteiger partial charge in [-0.3, -0.25) is 0 Å². The van der Waals surface area contributed by atoms with E-state index >= 15 is 0 Å². The highest BCUT2D eigenvalue weighted by molar-refractivity contribution is 6.30. The van der Waals surface area contributed by atoms with Crippen LogP contribution in [-0.4, -0.2) is 0 Å². The van der Waals surface area contributed by atoms with Crippen LogP contribution in [0.2, 0.25) is 0 Å². The number of hydrogen-bond donors (Lipinski definition) is 0. The molecule has 0 nitrogen and oxygen atoms in total. The Labute approximate surface area is 42.1 Å². The number of allylic oxidation sites excluding steroid dienone is 4. The lowest BCUT2D eigenvalue weighted by Gasteiger charge is -1.75. The van der Waals surface area contributed by atoms with Crippen molar-refractivity contribution in [2.75, 3.05) is 0 Å². The van der Waals surface area contributed by atoms with Crippen molar-refractivity contribution in [2.24, 2.45) is 0 Å². The Balaban J connectivity index is 2.61. The minimum Gasteiger partial charge on any atom is -0.0888 e. The van der Waals surface area contributed by atoms with E-state index in [-0.39, 0.29) is 0 Å². The number of hydrogen-bond acceptors (Lipinski definition) is 0. The summed E-state index contributed by atoms with van der Waals surface area (Å²) in [5.41, 5.74) is 0. The Morgan fingerprint density at radius 2 is 2.50 bits per heavy atom. The molecule has 1 aliphatic carbocycles. The van der Waals surface area contributed by atoms with E-state index < -0.39 is 0 Å². The zero-order valence-corrected chi connectivity index (χ0v) is 4.07. The lowest BCUT2D eigenvalue weighted by molar-refractivity contribution is 1.41. The van der Waals surface area contributed by atoms with Crippen LogP contribution in [0.15, 0.2) is 23.3 Å². The highest BCUT2D eigenvalue weighted by atomic mass is 35.5. The Morgan fingerprint density at radius 1 is 1.67 bits per heavy atom. The molecule has 0 aromatic carbocycles. The summed E-state index contributed by atoms with van der Waals surface area (Å²) >= 11 is 5.51. The zero-order chi connectivity index (χ0) is 4.41. The lowest BCUT2D eigenvalue weighted by Crippen LogP contribution is -1.52. The standard InChI is InChI=1S/C5H5Cl/c6-5-3-1-2-4-5/h1-3H,4H2. The van der Waals surface area contributed by atoms with E-state index in [1.165, 1.54) is 0 Å². The molecule has 1 heteroatoms. The summed E-state index contributed by atoms with van der Waals surface area (Å²) in [4.78, 5) is 0. The molecule has 0 N–H and O–H groups in total. The molecule has 0 aromatic rings. The van der Waals surface area contributed by atoms with Crippen molar-refractivity contribution in [1.29, 1.82) is 0 Å². The molecule has 0 aromatic heterocycles. The summed E-state index contributed by atoms with van der Waals surface area (Å²) in [6.45, 7) is 0. The molecule has 32 valence electrons. The van der Waals surface area contributed by atoms with Crippen molar-refractivity contribution >= 4 is 11.6 Å². The smallest absolute Gasteiger partial charge is 0.0218 e. The predicted octanol–water partition coefficient (Wildman–Crippen LogP) is 2.07. The van der Waals surface area contributed by atoms with Gasteiger partial charge in [-0.25, -0.2) is 0 Å². The highest BCUT2D eigenvalue weighted by Crippen LogP contribution is 2.12. The first-order chi connectivity index (χ1) is 2.89. The average Bonchev–Trinajstić information content (AvgIpc) is 1.86. The normalized spacial score (nSPS) is 18.5. The minimum atomic E-state index is 0.932. The fraction of sp³-hybridized carbons (Fsp3) is 0.200. The average molecular weight is 101 g/mol. The van der Waals surface area contributed by atoms with Crippen molar-refractivity contribution in [3.8, 4) is 0 Å². The topological polar surface area (TPSA) is 0 Å². The molecular weight excluding hydrogens is 95.5 g/mol. The molecule has 0 aliphatic heterocycles. The third kappa shape index (κ3) is 0.631. The van der Waals surface area contributed by atoms with Gasteiger partial charge in [-0.15, -0.1) is 0 Å². The van der Waals surface area contributed by atoms with Crippen LogP contribution in [0.4, 0.5) is 0 Å². The maximum absolute atomic E-state index is 5.51. The molecule has 0 atom stereocenters. The van der Waals surface area contributed by atoms with Gasteiger partial charge in [0.05, 0.1) is 0 Å². The maximum Gasteiger partial charge on any atom is 0.0218 e. The van der Waals surface area contributed by atoms with Crippen molar-refractivity contribution in [1.82, 2.24) is 0 Å². The third-order valence-electron chi connectivity index (χ3n) is 0.726. The van der Waals surface area contributed by atoms with Crippen LogP contribution < -0.4 is 0 Å². The first-order valence-corrected chi connectivity index (χ1v) is 2.28. The van der Waals surface area contributed by atoms with Gasteiger partial charge in [-0.05, 0) is 6.08 Å². The molecule has 0 spiro atoms. The second-order valence-corrected chi connectivity index (χ2v) is 1.73. The van der Waals surface area contributed by atoms with Gasteiger partial charge < -0.3 is 0 Å². The maximum atomic E-state index is 5.51. The molecule has 0 saturated heterocycles. The van der Waals surface area contributed by atoms with Crippen LogP contribution >= 0.6 is 11.6 Å². The van der Waals surface area contributed by atoms with Gasteiger partial charge in [0.2, 0.25) is 0 Å². The van der Waals surface area contributed by atoms with E-state index in [0.717, 1.165) is 11.5 Å². The molecule has 0 saturated carbocycles. The largest absolute Gasteiger partial charge is 0.0888 e. The van der Waals surface area contributed by atoms with Crippen molar-refractivity contribution < 1.29 is 0 Å². The third-order valence-corrected chi connectivity index (χ3v) is 1.01. The van der Waals surface area contributed by atoms with Crippen LogP contribution in [0.5, 0.6) is 0 Å². The summed E-state index contributed by atoms with van der Waals surface area (Å²) in [6, 6.07) is 0. The van der Waals surface area contributed by atoms with Crippen LogP contribution in [0.1, 0.15) is 6.42 Å². The van der Waals surface area contributed by atoms with Gasteiger partial charge >= 0.3 is 0 Å². The first kappa shape index (κ1) is 3.94. The Morgan fingerprint density at radius 3 is 2.67 bits per heavy atom. The molecule has 0 bridgehead atoms. The van der Waals surface area contributed by atoms with Gasteiger partial charge in [0.25, 0.3) is 0 Å². The molecule has 0 unspecified atom stereocenters. The molecule has 6 heavy (non-hydrogen) atoms. The van der Waals surface area contributed by atoms with Crippen LogP contribution in [0.3, 0.4) is 0 Å². The highest BCUT2D eigenvalue weighted by Gasteiger charge is 1.89. The van der Waals surface area contributed by atoms with E-state index in [1.54, 1.807) is 0 Å². The predicted molar refractivity (Wildman–Crippen MR) is 27.7 cm³/mol. The van der Waals surface area contributed by atoms with Crippen molar-refractivity contribution in [2.45, 2.75) is 6.42 Å². The molecule has 0 heterocycles. The molecule has 1 aliphatic rings. The molecule has 0 amide bonds. The Bertz CT molecular complexity index is 101. The quantitative estimate of drug-likeness (QED) is 0.437. The zero-order valence-electron chi connectivity index (χ0n) is 3.32. The van der Waals surface area contributed by atoms with Gasteiger partial charge in [0.15, 0.2) is 0 Å². The van der Waals surface area contributed by atoms with Crippen molar-refractivity contribution in [3.05, 3.63) is 23.3 Å². The minimum absolute atomic E-state index is 0.932. The first-order valence-electron chi connectivity index (χ1n) is 1.91. The van der Waals surface area contributed by atoms with E-state index in [4.69, 9.17) is 11.6 Å². The van der Waals surface area contributed by atoms with E-state index in [0.29, 0.717) is 0 Å². The number of halogens is 1. The Kier molecular flexibility index (Phi) is 0.972. The summed E-state index contributed by atoms with van der Waals surface area (Å²) in [6.07, 6.45) is 6.83. The monoisotopic (exact) mass is 100 g/mol. The van der Waals surface area contributed by atoms with Gasteiger partial charge in [-0.2, -0.15) is 0 Å². The van der Waals surface area contributed by atoms with Gasteiger partial charge in [0.1, 0.15) is 0 Å². The van der Waals surface area contributed by atoms with Crippen molar-refractivity contribution in [3.63, 3.8) is 0 Å². The second kappa shape index (κ2) is 1.48. The second-order valence-electron chi connectivity index (χ2n) is 1.25. The summed E-state index contributed by atoms with van der Waals surface area (Å²) < 4.78 is 0. The van der Waals surface area contributed by atoms with Gasteiger partial charge in [0, 0.05) is 11.5 Å². The summed E-state index contributed by atoms with van der Waals surface area (Å²) in [5.74, 6) is 0.